The highest BCUT2D eigenvalue weighted by Crippen LogP contribution is 2.25. The molecular weight excluding hydrogens is 282 g/mol. The number of hydrogen-bond acceptors (Lipinski definition) is 5. The zero-order valence-corrected chi connectivity index (χ0v) is 12.0. The van der Waals surface area contributed by atoms with E-state index in [1.54, 1.807) is 38.9 Å². The van der Waals surface area contributed by atoms with Crippen molar-refractivity contribution < 1.29 is 18.8 Å². The van der Waals surface area contributed by atoms with Crippen molar-refractivity contribution >= 4 is 5.97 Å². The van der Waals surface area contributed by atoms with Crippen molar-refractivity contribution in [1.29, 1.82) is 0 Å². The lowest BCUT2D eigenvalue weighted by Gasteiger charge is -2.06. The molecule has 0 spiro atoms. The first kappa shape index (κ1) is 14.6. The van der Waals surface area contributed by atoms with Crippen molar-refractivity contribution in [2.45, 2.75) is 6.61 Å². The predicted octanol–water partition coefficient (Wildman–Crippen LogP) is 2.80. The zero-order valence-electron chi connectivity index (χ0n) is 12.0. The zero-order chi connectivity index (χ0) is 15.4. The Kier molecular flexibility index (Phi) is 4.42. The van der Waals surface area contributed by atoms with E-state index >= 15 is 0 Å². The fourth-order valence-electron chi connectivity index (χ4n) is 2.01. The minimum Gasteiger partial charge on any atom is -0.497 e. The summed E-state index contributed by atoms with van der Waals surface area (Å²) in [6.45, 7) is 0.0488. The van der Waals surface area contributed by atoms with Gasteiger partial charge in [-0.3, -0.25) is 4.79 Å². The first-order chi connectivity index (χ1) is 10.8. The van der Waals surface area contributed by atoms with Crippen LogP contribution in [0.25, 0.3) is 11.3 Å². The van der Waals surface area contributed by atoms with Crippen LogP contribution in [-0.4, -0.2) is 18.2 Å². The molecule has 0 unspecified atom stereocenters. The van der Waals surface area contributed by atoms with Gasteiger partial charge in [-0.2, -0.15) is 0 Å². The second-order valence-electron chi connectivity index (χ2n) is 4.66. The molecule has 5 heteroatoms. The van der Waals surface area contributed by atoms with Crippen molar-refractivity contribution in [3.8, 4) is 17.0 Å². The molecule has 1 aromatic heterocycles. The highest BCUT2D eigenvalue weighted by atomic mass is 16.5. The molecule has 111 valence electrons. The summed E-state index contributed by atoms with van der Waals surface area (Å²) < 4.78 is 15.5. The third kappa shape index (κ3) is 3.30. The summed E-state index contributed by atoms with van der Waals surface area (Å²) in [5.74, 6) is 1.41. The van der Waals surface area contributed by atoms with Gasteiger partial charge in [-0.05, 0) is 49.9 Å². The van der Waals surface area contributed by atoms with Crippen molar-refractivity contribution in [3.05, 3.63) is 67.7 Å². The van der Waals surface area contributed by atoms with Gasteiger partial charge in [0.25, 0.3) is 0 Å². The van der Waals surface area contributed by atoms with Gasteiger partial charge >= 0.3 is 5.97 Å². The van der Waals surface area contributed by atoms with Gasteiger partial charge in [0.2, 0.25) is 0 Å². The van der Waals surface area contributed by atoms with Gasteiger partial charge < -0.3 is 14.0 Å². The lowest BCUT2D eigenvalue weighted by Crippen LogP contribution is -2.13. The lowest BCUT2D eigenvalue weighted by molar-refractivity contribution is -0.142. The SMILES string of the molecule is COc1ccc(-c2cc(COC(=O)[C]3[CH][CH][CH][CH]3)on2)cc1. The number of rotatable bonds is 5. The number of ether oxygens (including phenoxy) is 2. The van der Waals surface area contributed by atoms with E-state index in [4.69, 9.17) is 14.0 Å². The van der Waals surface area contributed by atoms with Crippen LogP contribution in [0, 0.1) is 31.6 Å². The van der Waals surface area contributed by atoms with Crippen LogP contribution in [0.4, 0.5) is 0 Å². The van der Waals surface area contributed by atoms with E-state index in [-0.39, 0.29) is 12.6 Å². The molecule has 1 fully saturated rings. The average molecular weight is 296 g/mol. The number of carbonyl (C=O) groups is 1. The largest absolute Gasteiger partial charge is 0.497 e. The van der Waals surface area contributed by atoms with E-state index in [1.165, 1.54) is 0 Å². The molecule has 0 bridgehead atoms. The molecule has 1 saturated carbocycles. The standard InChI is InChI=1S/C17H14NO4/c1-20-14-8-6-12(7-9-14)16-10-15(22-18-16)11-21-17(19)13-4-2-3-5-13/h2-10H,11H2,1H3. The third-order valence-corrected chi connectivity index (χ3v) is 3.19. The van der Waals surface area contributed by atoms with Crippen LogP contribution >= 0.6 is 0 Å². The average Bonchev–Trinajstić information content (AvgIpc) is 3.24. The molecule has 0 N–H and O–H groups in total. The molecule has 2 aromatic rings. The molecule has 0 saturated heterocycles. The van der Waals surface area contributed by atoms with E-state index in [9.17, 15) is 4.79 Å². The first-order valence-corrected chi connectivity index (χ1v) is 6.75. The van der Waals surface area contributed by atoms with Gasteiger partial charge in [0.05, 0.1) is 13.0 Å². The lowest BCUT2D eigenvalue weighted by atomic mass is 10.1. The van der Waals surface area contributed by atoms with Crippen LogP contribution in [0.5, 0.6) is 5.75 Å². The molecule has 0 atom stereocenters. The Balaban J connectivity index is 1.59. The predicted molar refractivity (Wildman–Crippen MR) is 78.7 cm³/mol. The molecule has 1 aromatic carbocycles. The Bertz CT molecular complexity index is 626. The third-order valence-electron chi connectivity index (χ3n) is 3.19. The molecule has 22 heavy (non-hydrogen) atoms. The maximum atomic E-state index is 11.7. The smallest absolute Gasteiger partial charge is 0.314 e. The van der Waals surface area contributed by atoms with Crippen LogP contribution in [0.15, 0.2) is 34.9 Å². The molecular formula is C17H14NO4. The van der Waals surface area contributed by atoms with Gasteiger partial charge in [-0.15, -0.1) is 0 Å². The molecule has 1 aliphatic rings. The molecule has 5 radical (unpaired) electrons. The summed E-state index contributed by atoms with van der Waals surface area (Å²) in [7, 11) is 1.62. The maximum absolute atomic E-state index is 11.7. The van der Waals surface area contributed by atoms with Crippen molar-refractivity contribution in [1.82, 2.24) is 5.16 Å². The minimum absolute atomic E-state index is 0.0488. The summed E-state index contributed by atoms with van der Waals surface area (Å²) in [6.07, 6.45) is 6.97. The number of aromatic nitrogens is 1. The minimum atomic E-state index is -0.382. The summed E-state index contributed by atoms with van der Waals surface area (Å²) in [6, 6.07) is 9.21. The number of nitrogens with zero attached hydrogens (tertiary/aromatic N) is 1. The van der Waals surface area contributed by atoms with Gasteiger partial charge in [0.15, 0.2) is 12.4 Å². The van der Waals surface area contributed by atoms with E-state index in [2.05, 4.69) is 5.16 Å². The Morgan fingerprint density at radius 1 is 1.18 bits per heavy atom. The Morgan fingerprint density at radius 2 is 1.91 bits per heavy atom. The summed E-state index contributed by atoms with van der Waals surface area (Å²) in [5, 5.41) is 3.98. The van der Waals surface area contributed by atoms with Crippen LogP contribution in [-0.2, 0) is 16.1 Å². The first-order valence-electron chi connectivity index (χ1n) is 6.75. The Morgan fingerprint density at radius 3 is 2.59 bits per heavy atom. The number of methoxy groups -OCH3 is 1. The highest BCUT2D eigenvalue weighted by molar-refractivity contribution is 5.91. The van der Waals surface area contributed by atoms with E-state index in [0.29, 0.717) is 17.4 Å². The van der Waals surface area contributed by atoms with Gasteiger partial charge in [-0.1, -0.05) is 5.16 Å². The number of benzene rings is 1. The second kappa shape index (κ2) is 6.64. The van der Waals surface area contributed by atoms with E-state index < -0.39 is 0 Å². The number of hydrogen-bond donors (Lipinski definition) is 0. The summed E-state index contributed by atoms with van der Waals surface area (Å²) in [5.41, 5.74) is 1.58. The van der Waals surface area contributed by atoms with Crippen LogP contribution < -0.4 is 4.74 Å². The number of esters is 1. The van der Waals surface area contributed by atoms with E-state index in [1.807, 2.05) is 24.3 Å². The van der Waals surface area contributed by atoms with Crippen LogP contribution in [0.3, 0.4) is 0 Å². The van der Waals surface area contributed by atoms with Crippen LogP contribution in [0.1, 0.15) is 5.76 Å². The fraction of sp³-hybridized carbons (Fsp3) is 0.118. The topological polar surface area (TPSA) is 61.6 Å². The second-order valence-corrected chi connectivity index (χ2v) is 4.66. The van der Waals surface area contributed by atoms with E-state index in [0.717, 1.165) is 11.3 Å². The fourth-order valence-corrected chi connectivity index (χ4v) is 2.01. The van der Waals surface area contributed by atoms with Crippen molar-refractivity contribution in [2.24, 2.45) is 0 Å². The quantitative estimate of drug-likeness (QED) is 0.794. The maximum Gasteiger partial charge on any atom is 0.314 e. The van der Waals surface area contributed by atoms with Gasteiger partial charge in [0.1, 0.15) is 11.4 Å². The van der Waals surface area contributed by atoms with Gasteiger partial charge in [-0.25, -0.2) is 0 Å². The highest BCUT2D eigenvalue weighted by Gasteiger charge is 2.26. The Labute approximate surface area is 129 Å². The molecule has 0 amide bonds. The molecule has 3 rings (SSSR count). The normalized spacial score (nSPS) is 15.0. The van der Waals surface area contributed by atoms with Gasteiger partial charge in [0, 0.05) is 11.6 Å². The molecule has 1 heterocycles. The van der Waals surface area contributed by atoms with Crippen molar-refractivity contribution in [3.63, 3.8) is 0 Å². The summed E-state index contributed by atoms with van der Waals surface area (Å²) >= 11 is 0. The number of carbonyl (C=O) groups excluding carboxylic acids is 1. The molecule has 0 aliphatic heterocycles. The molecule has 1 aliphatic carbocycles. The van der Waals surface area contributed by atoms with Crippen molar-refractivity contribution in [2.75, 3.05) is 7.11 Å². The van der Waals surface area contributed by atoms with Crippen LogP contribution in [0.2, 0.25) is 0 Å². The summed E-state index contributed by atoms with van der Waals surface area (Å²) in [4.78, 5) is 11.7. The molecule has 5 nitrogen and oxygen atoms in total. The Hall–Kier alpha value is -2.30. The monoisotopic (exact) mass is 296 g/mol.